The Morgan fingerprint density at radius 1 is 1.47 bits per heavy atom. The van der Waals surface area contributed by atoms with E-state index in [-0.39, 0.29) is 6.54 Å². The first-order chi connectivity index (χ1) is 8.70. The molecule has 1 aromatic rings. The predicted octanol–water partition coefficient (Wildman–Crippen LogP) is 1.28. The molecule has 0 saturated carbocycles. The minimum Gasteiger partial charge on any atom is -0.480 e. The van der Waals surface area contributed by atoms with Crippen molar-refractivity contribution in [3.63, 3.8) is 0 Å². The van der Waals surface area contributed by atoms with Crippen LogP contribution in [0.3, 0.4) is 0 Å². The van der Waals surface area contributed by atoms with Crippen LogP contribution in [0, 0.1) is 12.3 Å². The van der Waals surface area contributed by atoms with E-state index in [0.717, 1.165) is 0 Å². The molecule has 1 aromatic heterocycles. The molecule has 0 aliphatic heterocycles. The van der Waals surface area contributed by atoms with Gasteiger partial charge in [-0.2, -0.15) is 0 Å². The van der Waals surface area contributed by atoms with Gasteiger partial charge >= 0.3 is 12.0 Å². The van der Waals surface area contributed by atoms with Crippen molar-refractivity contribution in [2.75, 3.05) is 0 Å². The minimum atomic E-state index is -1.07. The molecule has 0 saturated heterocycles. The normalized spacial score (nSPS) is 12.8. The van der Waals surface area contributed by atoms with Crippen LogP contribution in [-0.4, -0.2) is 28.3 Å². The lowest BCUT2D eigenvalue weighted by Gasteiger charge is -2.27. The van der Waals surface area contributed by atoms with Crippen LogP contribution in [-0.2, 0) is 11.3 Å². The minimum absolute atomic E-state index is 0.180. The summed E-state index contributed by atoms with van der Waals surface area (Å²) in [6.45, 7) is 7.16. The summed E-state index contributed by atoms with van der Waals surface area (Å²) in [6.07, 6.45) is 0. The van der Waals surface area contributed by atoms with E-state index in [1.807, 2.05) is 0 Å². The van der Waals surface area contributed by atoms with E-state index in [2.05, 4.69) is 15.8 Å². The topological polar surface area (TPSA) is 104 Å². The highest BCUT2D eigenvalue weighted by Crippen LogP contribution is 2.19. The van der Waals surface area contributed by atoms with Crippen molar-refractivity contribution in [2.45, 2.75) is 40.3 Å². The molecule has 19 heavy (non-hydrogen) atoms. The molecule has 1 atom stereocenters. The summed E-state index contributed by atoms with van der Waals surface area (Å²) in [5.74, 6) is -0.421. The highest BCUT2D eigenvalue weighted by molar-refractivity contribution is 5.83. The molecule has 0 bridgehead atoms. The third-order valence-electron chi connectivity index (χ3n) is 2.50. The molecule has 1 heterocycles. The molecular weight excluding hydrogens is 250 g/mol. The number of hydrogen-bond donors (Lipinski definition) is 3. The van der Waals surface area contributed by atoms with E-state index in [0.29, 0.717) is 11.5 Å². The number of aryl methyl sites for hydroxylation is 1. The SMILES string of the molecule is Cc1cc(CNC(=O)N[C@@H](C(=O)O)C(C)(C)C)no1. The molecule has 0 aliphatic carbocycles. The number of amides is 2. The molecule has 0 aliphatic rings. The quantitative estimate of drug-likeness (QED) is 0.763. The van der Waals surface area contributed by atoms with Crippen LogP contribution in [0.15, 0.2) is 10.6 Å². The zero-order valence-corrected chi connectivity index (χ0v) is 11.5. The average molecular weight is 269 g/mol. The maximum absolute atomic E-state index is 11.6. The van der Waals surface area contributed by atoms with Crippen LogP contribution < -0.4 is 10.6 Å². The Labute approximate surface area is 111 Å². The number of carboxylic acids is 1. The Morgan fingerprint density at radius 2 is 2.11 bits per heavy atom. The molecule has 0 fully saturated rings. The van der Waals surface area contributed by atoms with E-state index in [1.54, 1.807) is 33.8 Å². The summed E-state index contributed by atoms with van der Waals surface area (Å²) >= 11 is 0. The largest absolute Gasteiger partial charge is 0.480 e. The number of nitrogens with one attached hydrogen (secondary N) is 2. The standard InChI is InChI=1S/C12H19N3O4/c1-7-5-8(15-19-7)6-13-11(18)14-9(10(16)17)12(2,3)4/h5,9H,6H2,1-4H3,(H,16,17)(H2,13,14,18)/t9-/m0/s1. The van der Waals surface area contributed by atoms with Crippen molar-refractivity contribution < 1.29 is 19.2 Å². The van der Waals surface area contributed by atoms with E-state index < -0.39 is 23.5 Å². The molecule has 106 valence electrons. The fraction of sp³-hybridized carbons (Fsp3) is 0.583. The van der Waals surface area contributed by atoms with Gasteiger partial charge in [-0.05, 0) is 12.3 Å². The lowest BCUT2D eigenvalue weighted by atomic mass is 9.87. The van der Waals surface area contributed by atoms with Crippen LogP contribution in [0.25, 0.3) is 0 Å². The molecule has 0 spiro atoms. The Balaban J connectivity index is 2.52. The lowest BCUT2D eigenvalue weighted by Crippen LogP contribution is -2.52. The maximum Gasteiger partial charge on any atom is 0.326 e. The molecular formula is C12H19N3O4. The lowest BCUT2D eigenvalue weighted by molar-refractivity contribution is -0.141. The summed E-state index contributed by atoms with van der Waals surface area (Å²) in [5.41, 5.74) is 0.00322. The average Bonchev–Trinajstić information content (AvgIpc) is 2.67. The van der Waals surface area contributed by atoms with Gasteiger partial charge in [-0.3, -0.25) is 0 Å². The Kier molecular flexibility index (Phi) is 4.52. The first-order valence-electron chi connectivity index (χ1n) is 5.89. The number of urea groups is 1. The third-order valence-corrected chi connectivity index (χ3v) is 2.50. The second-order valence-corrected chi connectivity index (χ2v) is 5.39. The third kappa shape index (κ3) is 4.61. The number of aliphatic carboxylic acids is 1. The van der Waals surface area contributed by atoms with Gasteiger partial charge in [-0.1, -0.05) is 25.9 Å². The Bertz CT molecular complexity index is 462. The monoisotopic (exact) mass is 269 g/mol. The van der Waals surface area contributed by atoms with Crippen LogP contribution in [0.5, 0.6) is 0 Å². The molecule has 0 radical (unpaired) electrons. The predicted molar refractivity (Wildman–Crippen MR) is 67.5 cm³/mol. The highest BCUT2D eigenvalue weighted by atomic mass is 16.5. The molecule has 0 aromatic carbocycles. The molecule has 7 nitrogen and oxygen atoms in total. The van der Waals surface area contributed by atoms with Crippen LogP contribution >= 0.6 is 0 Å². The Morgan fingerprint density at radius 3 is 2.53 bits per heavy atom. The zero-order valence-electron chi connectivity index (χ0n) is 11.5. The highest BCUT2D eigenvalue weighted by Gasteiger charge is 2.32. The van der Waals surface area contributed by atoms with Crippen molar-refractivity contribution in [1.29, 1.82) is 0 Å². The maximum atomic E-state index is 11.6. The number of nitrogens with zero attached hydrogens (tertiary/aromatic N) is 1. The fourth-order valence-corrected chi connectivity index (χ4v) is 1.50. The van der Waals surface area contributed by atoms with Gasteiger partial charge in [0.05, 0.1) is 6.54 Å². The van der Waals surface area contributed by atoms with Crippen molar-refractivity contribution >= 4 is 12.0 Å². The first kappa shape index (κ1) is 15.0. The van der Waals surface area contributed by atoms with Gasteiger partial charge in [0.15, 0.2) is 0 Å². The second-order valence-electron chi connectivity index (χ2n) is 5.39. The van der Waals surface area contributed by atoms with Crippen LogP contribution in [0.1, 0.15) is 32.2 Å². The summed E-state index contributed by atoms with van der Waals surface area (Å²) in [4.78, 5) is 22.7. The molecule has 7 heteroatoms. The van der Waals surface area contributed by atoms with Gasteiger partial charge in [-0.25, -0.2) is 9.59 Å². The first-order valence-corrected chi connectivity index (χ1v) is 5.89. The summed E-state index contributed by atoms with van der Waals surface area (Å²) in [7, 11) is 0. The smallest absolute Gasteiger partial charge is 0.326 e. The van der Waals surface area contributed by atoms with Gasteiger partial charge in [-0.15, -0.1) is 0 Å². The molecule has 0 unspecified atom stereocenters. The van der Waals surface area contributed by atoms with Gasteiger partial charge in [0.25, 0.3) is 0 Å². The number of rotatable bonds is 4. The van der Waals surface area contributed by atoms with E-state index in [9.17, 15) is 9.59 Å². The number of carbonyl (C=O) groups excluding carboxylic acids is 1. The number of carbonyl (C=O) groups is 2. The van der Waals surface area contributed by atoms with Crippen molar-refractivity contribution in [3.05, 3.63) is 17.5 Å². The van der Waals surface area contributed by atoms with E-state index >= 15 is 0 Å². The van der Waals surface area contributed by atoms with Gasteiger partial charge < -0.3 is 20.3 Å². The number of carboxylic acid groups (broad SMARTS) is 1. The van der Waals surface area contributed by atoms with Gasteiger partial charge in [0, 0.05) is 6.07 Å². The summed E-state index contributed by atoms with van der Waals surface area (Å²) in [6, 6.07) is 0.174. The number of aromatic nitrogens is 1. The number of hydrogen-bond acceptors (Lipinski definition) is 4. The summed E-state index contributed by atoms with van der Waals surface area (Å²) in [5, 5.41) is 17.8. The Hall–Kier alpha value is -2.05. The van der Waals surface area contributed by atoms with E-state index in [1.165, 1.54) is 0 Å². The van der Waals surface area contributed by atoms with Crippen LogP contribution in [0.2, 0.25) is 0 Å². The zero-order chi connectivity index (χ0) is 14.6. The molecule has 2 amide bonds. The van der Waals surface area contributed by atoms with Gasteiger partial charge in [0.2, 0.25) is 0 Å². The fourth-order valence-electron chi connectivity index (χ4n) is 1.50. The molecule has 1 rings (SSSR count). The van der Waals surface area contributed by atoms with Crippen molar-refractivity contribution in [2.24, 2.45) is 5.41 Å². The van der Waals surface area contributed by atoms with Crippen molar-refractivity contribution in [3.8, 4) is 0 Å². The van der Waals surface area contributed by atoms with E-state index in [4.69, 9.17) is 9.63 Å². The van der Waals surface area contributed by atoms with Gasteiger partial charge in [0.1, 0.15) is 17.5 Å². The molecule has 3 N–H and O–H groups in total. The summed E-state index contributed by atoms with van der Waals surface area (Å²) < 4.78 is 4.85. The second kappa shape index (κ2) is 5.73. The van der Waals surface area contributed by atoms with Crippen LogP contribution in [0.4, 0.5) is 4.79 Å². The van der Waals surface area contributed by atoms with Crippen molar-refractivity contribution in [1.82, 2.24) is 15.8 Å².